The van der Waals surface area contributed by atoms with E-state index in [1.54, 1.807) is 6.20 Å². The lowest BCUT2D eigenvalue weighted by Crippen LogP contribution is -2.03. The second-order valence-corrected chi connectivity index (χ2v) is 3.31. The van der Waals surface area contributed by atoms with Crippen LogP contribution in [-0.4, -0.2) is 22.9 Å². The maximum absolute atomic E-state index is 10.6. The average Bonchev–Trinajstić information content (AvgIpc) is 3.01. The van der Waals surface area contributed by atoms with Gasteiger partial charge in [0.05, 0.1) is 12.2 Å². The van der Waals surface area contributed by atoms with Gasteiger partial charge in [-0.1, -0.05) is 0 Å². The van der Waals surface area contributed by atoms with E-state index in [2.05, 4.69) is 9.97 Å². The lowest BCUT2D eigenvalue weighted by molar-refractivity contribution is 0.111. The molecule has 2 rings (SSSR count). The standard InChI is InChI=1S/C10H12N2O2/c1-2-14-10-8(6-13)5-11-9(12-10)7-3-4-7/h5-7H,2-4H2,1H3. The van der Waals surface area contributed by atoms with E-state index >= 15 is 0 Å². The molecule has 0 aromatic carbocycles. The number of carbonyl (C=O) groups excluding carboxylic acids is 1. The zero-order valence-electron chi connectivity index (χ0n) is 8.06. The Bertz CT molecular complexity index is 348. The number of nitrogens with zero attached hydrogens (tertiary/aromatic N) is 2. The summed E-state index contributed by atoms with van der Waals surface area (Å²) < 4.78 is 5.26. The van der Waals surface area contributed by atoms with Gasteiger partial charge in [-0.25, -0.2) is 4.98 Å². The van der Waals surface area contributed by atoms with Gasteiger partial charge < -0.3 is 4.74 Å². The summed E-state index contributed by atoms with van der Waals surface area (Å²) in [6.07, 6.45) is 4.55. The number of hydrogen-bond acceptors (Lipinski definition) is 4. The predicted molar refractivity (Wildman–Crippen MR) is 50.6 cm³/mol. The van der Waals surface area contributed by atoms with Crippen LogP contribution in [0, 0.1) is 0 Å². The summed E-state index contributed by atoms with van der Waals surface area (Å²) in [4.78, 5) is 19.0. The Morgan fingerprint density at radius 3 is 3.00 bits per heavy atom. The Morgan fingerprint density at radius 2 is 2.43 bits per heavy atom. The van der Waals surface area contributed by atoms with Crippen molar-refractivity contribution >= 4 is 6.29 Å². The summed E-state index contributed by atoms with van der Waals surface area (Å²) >= 11 is 0. The first-order valence-corrected chi connectivity index (χ1v) is 4.80. The van der Waals surface area contributed by atoms with E-state index in [9.17, 15) is 4.79 Å². The fraction of sp³-hybridized carbons (Fsp3) is 0.500. The Balaban J connectivity index is 2.30. The highest BCUT2D eigenvalue weighted by Crippen LogP contribution is 2.38. The van der Waals surface area contributed by atoms with Crippen molar-refractivity contribution in [2.45, 2.75) is 25.7 Å². The van der Waals surface area contributed by atoms with Crippen LogP contribution in [0.4, 0.5) is 0 Å². The highest BCUT2D eigenvalue weighted by molar-refractivity contribution is 5.77. The summed E-state index contributed by atoms with van der Waals surface area (Å²) in [5.74, 6) is 1.70. The number of carbonyl (C=O) groups is 1. The van der Waals surface area contributed by atoms with E-state index < -0.39 is 0 Å². The van der Waals surface area contributed by atoms with Crippen molar-refractivity contribution in [3.05, 3.63) is 17.6 Å². The average molecular weight is 192 g/mol. The van der Waals surface area contributed by atoms with E-state index in [4.69, 9.17) is 4.74 Å². The molecule has 0 bridgehead atoms. The van der Waals surface area contributed by atoms with Gasteiger partial charge in [0.2, 0.25) is 5.88 Å². The molecular formula is C10H12N2O2. The number of ether oxygens (including phenoxy) is 1. The molecule has 0 spiro atoms. The van der Waals surface area contributed by atoms with Gasteiger partial charge >= 0.3 is 0 Å². The largest absolute Gasteiger partial charge is 0.477 e. The Kier molecular flexibility index (Phi) is 2.43. The third kappa shape index (κ3) is 1.73. The van der Waals surface area contributed by atoms with Crippen LogP contribution < -0.4 is 4.74 Å². The van der Waals surface area contributed by atoms with E-state index in [0.717, 1.165) is 25.0 Å². The molecule has 0 unspecified atom stereocenters. The highest BCUT2D eigenvalue weighted by Gasteiger charge is 2.27. The molecular weight excluding hydrogens is 180 g/mol. The third-order valence-electron chi connectivity index (χ3n) is 2.15. The molecule has 0 saturated heterocycles. The zero-order valence-corrected chi connectivity index (χ0v) is 8.06. The Labute approximate surface area is 82.3 Å². The molecule has 0 aliphatic heterocycles. The molecule has 0 radical (unpaired) electrons. The van der Waals surface area contributed by atoms with Crippen LogP contribution in [0.1, 0.15) is 41.9 Å². The summed E-state index contributed by atoms with van der Waals surface area (Å²) in [5, 5.41) is 0. The first kappa shape index (κ1) is 9.12. The molecule has 1 fully saturated rings. The number of aldehydes is 1. The first-order chi connectivity index (χ1) is 6.85. The number of aromatic nitrogens is 2. The Hall–Kier alpha value is -1.45. The van der Waals surface area contributed by atoms with Crippen LogP contribution in [-0.2, 0) is 0 Å². The number of hydrogen-bond donors (Lipinski definition) is 0. The SMILES string of the molecule is CCOc1nc(C2CC2)ncc1C=O. The molecule has 4 heteroatoms. The minimum absolute atomic E-state index is 0.416. The van der Waals surface area contributed by atoms with Crippen molar-refractivity contribution < 1.29 is 9.53 Å². The fourth-order valence-corrected chi connectivity index (χ4v) is 1.26. The molecule has 1 heterocycles. The quantitative estimate of drug-likeness (QED) is 0.679. The van der Waals surface area contributed by atoms with Gasteiger partial charge in [0, 0.05) is 12.1 Å². The molecule has 1 aliphatic rings. The molecule has 1 aliphatic carbocycles. The van der Waals surface area contributed by atoms with Crippen LogP contribution in [0.25, 0.3) is 0 Å². The number of rotatable bonds is 4. The van der Waals surface area contributed by atoms with Crippen LogP contribution in [0.2, 0.25) is 0 Å². The molecule has 0 atom stereocenters. The van der Waals surface area contributed by atoms with Gasteiger partial charge in [-0.05, 0) is 19.8 Å². The Morgan fingerprint density at radius 1 is 1.64 bits per heavy atom. The maximum atomic E-state index is 10.6. The van der Waals surface area contributed by atoms with Crippen LogP contribution in [0.5, 0.6) is 5.88 Å². The summed E-state index contributed by atoms with van der Waals surface area (Å²) in [7, 11) is 0. The van der Waals surface area contributed by atoms with E-state index in [-0.39, 0.29) is 0 Å². The van der Waals surface area contributed by atoms with Crippen molar-refractivity contribution in [3.63, 3.8) is 0 Å². The molecule has 4 nitrogen and oxygen atoms in total. The van der Waals surface area contributed by atoms with E-state index in [1.165, 1.54) is 0 Å². The van der Waals surface area contributed by atoms with Crippen molar-refractivity contribution in [2.75, 3.05) is 6.61 Å². The van der Waals surface area contributed by atoms with Crippen LogP contribution in [0.3, 0.4) is 0 Å². The van der Waals surface area contributed by atoms with E-state index in [1.807, 2.05) is 6.92 Å². The minimum atomic E-state index is 0.416. The fourth-order valence-electron chi connectivity index (χ4n) is 1.26. The summed E-state index contributed by atoms with van der Waals surface area (Å²) in [6, 6.07) is 0. The normalized spacial score (nSPS) is 15.2. The molecule has 74 valence electrons. The van der Waals surface area contributed by atoms with Gasteiger partial charge in [-0.15, -0.1) is 0 Å². The maximum Gasteiger partial charge on any atom is 0.227 e. The molecule has 1 aromatic rings. The molecule has 14 heavy (non-hydrogen) atoms. The second-order valence-electron chi connectivity index (χ2n) is 3.31. The van der Waals surface area contributed by atoms with E-state index in [0.29, 0.717) is 24.0 Å². The molecule has 0 amide bonds. The van der Waals surface area contributed by atoms with Crippen LogP contribution >= 0.6 is 0 Å². The van der Waals surface area contributed by atoms with Gasteiger partial charge in [0.25, 0.3) is 0 Å². The molecule has 1 aromatic heterocycles. The minimum Gasteiger partial charge on any atom is -0.477 e. The van der Waals surface area contributed by atoms with Crippen molar-refractivity contribution in [1.29, 1.82) is 0 Å². The zero-order chi connectivity index (χ0) is 9.97. The van der Waals surface area contributed by atoms with Crippen LogP contribution in [0.15, 0.2) is 6.20 Å². The first-order valence-electron chi connectivity index (χ1n) is 4.80. The van der Waals surface area contributed by atoms with Crippen molar-refractivity contribution in [3.8, 4) is 5.88 Å². The van der Waals surface area contributed by atoms with Gasteiger partial charge in [0.15, 0.2) is 6.29 Å². The monoisotopic (exact) mass is 192 g/mol. The van der Waals surface area contributed by atoms with Crippen molar-refractivity contribution in [1.82, 2.24) is 9.97 Å². The lowest BCUT2D eigenvalue weighted by atomic mass is 10.3. The molecule has 0 N–H and O–H groups in total. The predicted octanol–water partition coefficient (Wildman–Crippen LogP) is 1.57. The summed E-state index contributed by atoms with van der Waals surface area (Å²) in [6.45, 7) is 2.38. The smallest absolute Gasteiger partial charge is 0.227 e. The van der Waals surface area contributed by atoms with Gasteiger partial charge in [-0.3, -0.25) is 4.79 Å². The summed E-state index contributed by atoms with van der Waals surface area (Å²) in [5.41, 5.74) is 0.427. The molecule has 1 saturated carbocycles. The van der Waals surface area contributed by atoms with Gasteiger partial charge in [-0.2, -0.15) is 4.98 Å². The topological polar surface area (TPSA) is 52.1 Å². The van der Waals surface area contributed by atoms with Gasteiger partial charge in [0.1, 0.15) is 5.82 Å². The highest BCUT2D eigenvalue weighted by atomic mass is 16.5. The lowest BCUT2D eigenvalue weighted by Gasteiger charge is -2.05. The second kappa shape index (κ2) is 3.74. The van der Waals surface area contributed by atoms with Crippen molar-refractivity contribution in [2.24, 2.45) is 0 Å². The third-order valence-corrected chi connectivity index (χ3v) is 2.15.